The van der Waals surface area contributed by atoms with Gasteiger partial charge in [0, 0.05) is 12.7 Å². The fourth-order valence-corrected chi connectivity index (χ4v) is 3.62. The van der Waals surface area contributed by atoms with E-state index in [1.54, 1.807) is 23.4 Å². The zero-order valence-electron chi connectivity index (χ0n) is 13.7. The van der Waals surface area contributed by atoms with Crippen LogP contribution < -0.4 is 10.2 Å². The molecule has 1 aromatic rings. The minimum Gasteiger partial charge on any atom is -0.343 e. The summed E-state index contributed by atoms with van der Waals surface area (Å²) in [5.74, 6) is -0.400. The molecule has 0 aromatic carbocycles. The Balaban J connectivity index is 1.71. The molecular weight excluding hydrogens is 304 g/mol. The molecule has 0 bridgehead atoms. The van der Waals surface area contributed by atoms with Gasteiger partial charge in [0.25, 0.3) is 0 Å². The van der Waals surface area contributed by atoms with E-state index in [0.717, 1.165) is 31.4 Å². The van der Waals surface area contributed by atoms with Crippen molar-refractivity contribution < 1.29 is 9.59 Å². The summed E-state index contributed by atoms with van der Waals surface area (Å²) >= 11 is 0. The highest BCUT2D eigenvalue weighted by Crippen LogP contribution is 2.36. The van der Waals surface area contributed by atoms with Gasteiger partial charge in [0.1, 0.15) is 11.5 Å². The van der Waals surface area contributed by atoms with E-state index in [-0.39, 0.29) is 11.8 Å². The molecule has 2 heterocycles. The highest BCUT2D eigenvalue weighted by Gasteiger charge is 2.42. The summed E-state index contributed by atoms with van der Waals surface area (Å²) in [5.41, 5.74) is -0.219. The first-order valence-corrected chi connectivity index (χ1v) is 8.60. The quantitative estimate of drug-likeness (QED) is 0.922. The molecule has 2 amide bonds. The Kier molecular flexibility index (Phi) is 4.79. The molecule has 2 aliphatic rings. The normalized spacial score (nSPS) is 23.4. The van der Waals surface area contributed by atoms with E-state index in [1.807, 2.05) is 6.07 Å². The number of carbonyl (C=O) groups is 2. The average Bonchev–Trinajstić information content (AvgIpc) is 2.64. The minimum atomic E-state index is -0.963. The first-order chi connectivity index (χ1) is 11.7. The van der Waals surface area contributed by atoms with Crippen LogP contribution >= 0.6 is 0 Å². The van der Waals surface area contributed by atoms with Crippen LogP contribution in [0.25, 0.3) is 0 Å². The molecule has 1 atom stereocenters. The second kappa shape index (κ2) is 7.00. The van der Waals surface area contributed by atoms with Gasteiger partial charge in [0.2, 0.25) is 11.8 Å². The van der Waals surface area contributed by atoms with Gasteiger partial charge in [-0.15, -0.1) is 0 Å². The molecule has 6 nitrogen and oxygen atoms in total. The first kappa shape index (κ1) is 16.4. The van der Waals surface area contributed by atoms with Crippen LogP contribution in [0, 0.1) is 16.7 Å². The van der Waals surface area contributed by atoms with Gasteiger partial charge in [-0.2, -0.15) is 5.26 Å². The molecule has 126 valence electrons. The number of pyridine rings is 1. The predicted molar refractivity (Wildman–Crippen MR) is 88.9 cm³/mol. The minimum absolute atomic E-state index is 0.119. The van der Waals surface area contributed by atoms with Crippen molar-refractivity contribution in [1.82, 2.24) is 10.3 Å². The lowest BCUT2D eigenvalue weighted by atomic mass is 9.74. The number of anilines is 1. The molecule has 1 aliphatic carbocycles. The van der Waals surface area contributed by atoms with Crippen LogP contribution in [0.5, 0.6) is 0 Å². The van der Waals surface area contributed by atoms with Crippen LogP contribution in [-0.4, -0.2) is 29.4 Å². The summed E-state index contributed by atoms with van der Waals surface area (Å²) < 4.78 is 0. The topological polar surface area (TPSA) is 86.1 Å². The predicted octanol–water partition coefficient (Wildman–Crippen LogP) is 2.17. The molecule has 1 aromatic heterocycles. The lowest BCUT2D eigenvalue weighted by Crippen LogP contribution is -2.55. The standard InChI is InChI=1S/C18H22N4O2/c19-13-18(8-2-1-3-9-18)17(24)21-15-7-5-11-22(16(15)23)14-6-4-10-20-12-14/h4,6,10,12,15H,1-3,5,7-9,11H2,(H,21,24)/t15-/m1/s1. The van der Waals surface area contributed by atoms with E-state index in [4.69, 9.17) is 0 Å². The highest BCUT2D eigenvalue weighted by atomic mass is 16.2. The molecule has 24 heavy (non-hydrogen) atoms. The Morgan fingerprint density at radius 1 is 1.33 bits per heavy atom. The van der Waals surface area contributed by atoms with Crippen molar-refractivity contribution in [3.8, 4) is 6.07 Å². The second-order valence-corrected chi connectivity index (χ2v) is 6.62. The van der Waals surface area contributed by atoms with Crippen molar-refractivity contribution in [1.29, 1.82) is 5.26 Å². The van der Waals surface area contributed by atoms with Gasteiger partial charge < -0.3 is 10.2 Å². The summed E-state index contributed by atoms with van der Waals surface area (Å²) in [5, 5.41) is 12.4. The summed E-state index contributed by atoms with van der Waals surface area (Å²) in [7, 11) is 0. The fourth-order valence-electron chi connectivity index (χ4n) is 3.62. The van der Waals surface area contributed by atoms with Gasteiger partial charge in [0.05, 0.1) is 18.0 Å². The van der Waals surface area contributed by atoms with Gasteiger partial charge in [-0.3, -0.25) is 14.6 Å². The maximum atomic E-state index is 12.7. The largest absolute Gasteiger partial charge is 0.343 e. The van der Waals surface area contributed by atoms with Crippen LogP contribution in [0.4, 0.5) is 5.69 Å². The lowest BCUT2D eigenvalue weighted by Gasteiger charge is -2.35. The molecule has 1 saturated heterocycles. The monoisotopic (exact) mass is 326 g/mol. The third-order valence-electron chi connectivity index (χ3n) is 5.06. The van der Waals surface area contributed by atoms with Crippen LogP contribution in [0.1, 0.15) is 44.9 Å². The lowest BCUT2D eigenvalue weighted by molar-refractivity contribution is -0.134. The molecule has 0 spiro atoms. The number of nitrogens with zero attached hydrogens (tertiary/aromatic N) is 3. The maximum absolute atomic E-state index is 12.7. The van der Waals surface area contributed by atoms with E-state index >= 15 is 0 Å². The van der Waals surface area contributed by atoms with Gasteiger partial charge in [0.15, 0.2) is 0 Å². The van der Waals surface area contributed by atoms with E-state index in [0.29, 0.717) is 25.8 Å². The Hall–Kier alpha value is -2.42. The molecule has 0 unspecified atom stereocenters. The number of amides is 2. The number of aromatic nitrogens is 1. The van der Waals surface area contributed by atoms with Crippen LogP contribution in [0.2, 0.25) is 0 Å². The van der Waals surface area contributed by atoms with E-state index in [1.165, 1.54) is 0 Å². The SMILES string of the molecule is N#CC1(C(=O)N[C@@H]2CCCN(c3cccnc3)C2=O)CCCCC1. The Bertz CT molecular complexity index is 647. The molecular formula is C18H22N4O2. The average molecular weight is 326 g/mol. The van der Waals surface area contributed by atoms with Crippen LogP contribution in [0.3, 0.4) is 0 Å². The van der Waals surface area contributed by atoms with Crippen LogP contribution in [0.15, 0.2) is 24.5 Å². The number of hydrogen-bond acceptors (Lipinski definition) is 4. The first-order valence-electron chi connectivity index (χ1n) is 8.60. The number of rotatable bonds is 3. The van der Waals surface area contributed by atoms with Crippen LogP contribution in [-0.2, 0) is 9.59 Å². The summed E-state index contributed by atoms with van der Waals surface area (Å²) in [6.45, 7) is 0.625. The third-order valence-corrected chi connectivity index (χ3v) is 5.06. The number of carbonyl (C=O) groups excluding carboxylic acids is 2. The molecule has 1 N–H and O–H groups in total. The molecule has 1 aliphatic heterocycles. The Morgan fingerprint density at radius 3 is 2.79 bits per heavy atom. The van der Waals surface area contributed by atoms with Gasteiger partial charge in [-0.1, -0.05) is 19.3 Å². The van der Waals surface area contributed by atoms with Crippen molar-refractivity contribution in [3.63, 3.8) is 0 Å². The number of nitriles is 1. The molecule has 1 saturated carbocycles. The Morgan fingerprint density at radius 2 is 2.12 bits per heavy atom. The zero-order chi connectivity index (χ0) is 17.0. The van der Waals surface area contributed by atoms with Gasteiger partial charge >= 0.3 is 0 Å². The van der Waals surface area contributed by atoms with Gasteiger partial charge in [-0.05, 0) is 37.8 Å². The Labute approximate surface area is 141 Å². The summed E-state index contributed by atoms with van der Waals surface area (Å²) in [4.78, 5) is 31.2. The summed E-state index contributed by atoms with van der Waals surface area (Å²) in [6, 6.07) is 5.29. The van der Waals surface area contributed by atoms with Crippen molar-refractivity contribution >= 4 is 17.5 Å². The van der Waals surface area contributed by atoms with Crippen molar-refractivity contribution in [2.45, 2.75) is 51.0 Å². The molecule has 0 radical (unpaired) electrons. The molecule has 6 heteroatoms. The van der Waals surface area contributed by atoms with Crippen molar-refractivity contribution in [2.75, 3.05) is 11.4 Å². The fraction of sp³-hybridized carbons (Fsp3) is 0.556. The third kappa shape index (κ3) is 3.12. The van der Waals surface area contributed by atoms with Gasteiger partial charge in [-0.25, -0.2) is 0 Å². The number of piperidine rings is 1. The molecule has 3 rings (SSSR count). The summed E-state index contributed by atoms with van der Waals surface area (Å²) in [6.07, 6.45) is 8.76. The molecule has 2 fully saturated rings. The maximum Gasteiger partial charge on any atom is 0.249 e. The smallest absolute Gasteiger partial charge is 0.249 e. The zero-order valence-corrected chi connectivity index (χ0v) is 13.7. The van der Waals surface area contributed by atoms with E-state index in [2.05, 4.69) is 16.4 Å². The van der Waals surface area contributed by atoms with Crippen molar-refractivity contribution in [2.24, 2.45) is 5.41 Å². The van der Waals surface area contributed by atoms with E-state index in [9.17, 15) is 14.9 Å². The highest BCUT2D eigenvalue weighted by molar-refractivity contribution is 6.00. The van der Waals surface area contributed by atoms with E-state index < -0.39 is 11.5 Å². The second-order valence-electron chi connectivity index (χ2n) is 6.62. The number of hydrogen-bond donors (Lipinski definition) is 1. The van der Waals surface area contributed by atoms with Crippen molar-refractivity contribution in [3.05, 3.63) is 24.5 Å². The number of nitrogens with one attached hydrogen (secondary N) is 1.